The number of carboxylic acid groups (broad SMARTS) is 1. The molecule has 9 heteroatoms. The van der Waals surface area contributed by atoms with Gasteiger partial charge in [-0.25, -0.2) is 14.0 Å². The number of methoxy groups -OCH3 is 1. The summed E-state index contributed by atoms with van der Waals surface area (Å²) in [4.78, 5) is 28.8. The van der Waals surface area contributed by atoms with Crippen molar-refractivity contribution in [3.05, 3.63) is 83.2 Å². The first-order valence-corrected chi connectivity index (χ1v) is 11.4. The summed E-state index contributed by atoms with van der Waals surface area (Å²) in [7, 11) is 1.48. The van der Waals surface area contributed by atoms with Crippen molar-refractivity contribution < 1.29 is 38.1 Å². The summed E-state index contributed by atoms with van der Waals surface area (Å²) in [6.07, 6.45) is -1.54. The molecule has 1 N–H and O–H groups in total. The van der Waals surface area contributed by atoms with Crippen molar-refractivity contribution in [3.8, 4) is 22.6 Å². The highest BCUT2D eigenvalue weighted by atomic mass is 19.1. The predicted octanol–water partition coefficient (Wildman–Crippen LogP) is 4.98. The van der Waals surface area contributed by atoms with E-state index in [0.29, 0.717) is 46.7 Å². The lowest BCUT2D eigenvalue weighted by molar-refractivity contribution is -0.144. The molecule has 0 fully saturated rings. The molecule has 8 nitrogen and oxygen atoms in total. The number of hydrogen-bond acceptors (Lipinski definition) is 7. The summed E-state index contributed by atoms with van der Waals surface area (Å²) >= 11 is 0. The minimum Gasteiger partial charge on any atom is -0.496 e. The molecule has 0 bridgehead atoms. The van der Waals surface area contributed by atoms with Gasteiger partial charge in [0.15, 0.2) is 6.10 Å². The Morgan fingerprint density at radius 2 is 1.81 bits per heavy atom. The molecule has 4 rings (SSSR count). The first-order valence-electron chi connectivity index (χ1n) is 11.4. The third kappa shape index (κ3) is 5.75. The van der Waals surface area contributed by atoms with Gasteiger partial charge in [-0.2, -0.15) is 0 Å². The first kappa shape index (κ1) is 25.0. The van der Waals surface area contributed by atoms with E-state index in [1.165, 1.54) is 25.2 Å². The van der Waals surface area contributed by atoms with Crippen LogP contribution in [0.4, 0.5) is 9.18 Å². The number of hydroxylamine groups is 2. The molecule has 0 spiro atoms. The Morgan fingerprint density at radius 3 is 2.53 bits per heavy atom. The fourth-order valence-electron chi connectivity index (χ4n) is 4.01. The molecule has 1 atom stereocenters. The largest absolute Gasteiger partial charge is 0.528 e. The maximum absolute atomic E-state index is 14.7. The van der Waals surface area contributed by atoms with Gasteiger partial charge in [-0.1, -0.05) is 36.4 Å². The second-order valence-corrected chi connectivity index (χ2v) is 8.24. The zero-order chi connectivity index (χ0) is 25.7. The Bertz CT molecular complexity index is 1250. The van der Waals surface area contributed by atoms with Crippen LogP contribution in [0.5, 0.6) is 11.5 Å². The molecule has 0 amide bonds. The summed E-state index contributed by atoms with van der Waals surface area (Å²) in [5, 5.41) is 10.5. The average Bonchev–Trinajstić information content (AvgIpc) is 2.88. The van der Waals surface area contributed by atoms with Crippen molar-refractivity contribution in [1.82, 2.24) is 5.06 Å². The smallest absolute Gasteiger partial charge is 0.496 e. The average molecular weight is 496 g/mol. The van der Waals surface area contributed by atoms with Crippen molar-refractivity contribution in [2.45, 2.75) is 32.6 Å². The second kappa shape index (κ2) is 11.1. The zero-order valence-electron chi connectivity index (χ0n) is 19.9. The standard InChI is InChI=1S/C27H26FNO7/c1-17(26(30)31)35-19-8-9-22(25(14-19)33-2)20-10-11-24(28)21-12-13-29(15-23(20)21)36-27(32)34-16-18-6-4-3-5-7-18/h3-11,14,17H,12-13,15-16H2,1-2H3,(H,30,31). The maximum Gasteiger partial charge on any atom is 0.528 e. The second-order valence-electron chi connectivity index (χ2n) is 8.24. The van der Waals surface area contributed by atoms with Gasteiger partial charge in [-0.15, -0.1) is 5.06 Å². The van der Waals surface area contributed by atoms with Crippen LogP contribution >= 0.6 is 0 Å². The van der Waals surface area contributed by atoms with E-state index in [2.05, 4.69) is 0 Å². The number of ether oxygens (including phenoxy) is 3. The first-order chi connectivity index (χ1) is 17.4. The molecule has 3 aromatic rings. The number of rotatable bonds is 8. The highest BCUT2D eigenvalue weighted by molar-refractivity contribution is 5.76. The van der Waals surface area contributed by atoms with E-state index in [-0.39, 0.29) is 19.0 Å². The molecule has 0 aliphatic carbocycles. The van der Waals surface area contributed by atoms with Crippen molar-refractivity contribution in [2.24, 2.45) is 0 Å². The lowest BCUT2D eigenvalue weighted by atomic mass is 9.91. The van der Waals surface area contributed by atoms with E-state index >= 15 is 0 Å². The molecular weight excluding hydrogens is 469 g/mol. The molecule has 1 unspecified atom stereocenters. The molecular formula is C27H26FNO7. The van der Waals surface area contributed by atoms with Gasteiger partial charge < -0.3 is 24.2 Å². The van der Waals surface area contributed by atoms with Gasteiger partial charge in [0.1, 0.15) is 23.9 Å². The van der Waals surface area contributed by atoms with Gasteiger partial charge in [-0.3, -0.25) is 0 Å². The van der Waals surface area contributed by atoms with Crippen molar-refractivity contribution >= 4 is 12.1 Å². The molecule has 0 saturated heterocycles. The van der Waals surface area contributed by atoms with Crippen molar-refractivity contribution in [3.63, 3.8) is 0 Å². The number of benzene rings is 3. The lowest BCUT2D eigenvalue weighted by Crippen LogP contribution is -2.34. The fraction of sp³-hybridized carbons (Fsp3) is 0.259. The normalized spacial score (nSPS) is 13.9. The number of aliphatic carboxylic acids is 1. The number of carbonyl (C=O) groups is 2. The summed E-state index contributed by atoms with van der Waals surface area (Å²) in [6.45, 7) is 1.97. The number of carboxylic acids is 1. The van der Waals surface area contributed by atoms with E-state index in [1.54, 1.807) is 24.3 Å². The molecule has 0 aromatic heterocycles. The monoisotopic (exact) mass is 495 g/mol. The van der Waals surface area contributed by atoms with E-state index in [1.807, 2.05) is 30.3 Å². The Hall–Kier alpha value is -4.11. The molecule has 1 aliphatic rings. The molecule has 0 radical (unpaired) electrons. The van der Waals surface area contributed by atoms with Gasteiger partial charge in [0, 0.05) is 18.2 Å². The Morgan fingerprint density at radius 1 is 1.06 bits per heavy atom. The van der Waals surface area contributed by atoms with Gasteiger partial charge in [0.05, 0.1) is 13.7 Å². The van der Waals surface area contributed by atoms with Crippen LogP contribution in [0.2, 0.25) is 0 Å². The van der Waals surface area contributed by atoms with Crippen molar-refractivity contribution in [1.29, 1.82) is 0 Å². The van der Waals surface area contributed by atoms with E-state index in [9.17, 15) is 14.0 Å². The molecule has 188 valence electrons. The quantitative estimate of drug-likeness (QED) is 0.438. The molecule has 1 heterocycles. The lowest BCUT2D eigenvalue weighted by Gasteiger charge is -2.29. The molecule has 3 aromatic carbocycles. The minimum absolute atomic E-state index is 0.0795. The summed E-state index contributed by atoms with van der Waals surface area (Å²) in [5.41, 5.74) is 3.39. The number of fused-ring (bicyclic) bond motifs is 1. The van der Waals surface area contributed by atoms with Crippen LogP contribution in [-0.4, -0.2) is 42.1 Å². The highest BCUT2D eigenvalue weighted by Crippen LogP contribution is 2.39. The van der Waals surface area contributed by atoms with Crippen LogP contribution < -0.4 is 9.47 Å². The topological polar surface area (TPSA) is 94.5 Å². The fourth-order valence-corrected chi connectivity index (χ4v) is 4.01. The van der Waals surface area contributed by atoms with Crippen LogP contribution in [0.15, 0.2) is 60.7 Å². The molecule has 36 heavy (non-hydrogen) atoms. The number of hydrogen-bond donors (Lipinski definition) is 1. The maximum atomic E-state index is 14.7. The zero-order valence-corrected chi connectivity index (χ0v) is 19.9. The summed E-state index contributed by atoms with van der Waals surface area (Å²) in [5.74, 6) is -0.672. The van der Waals surface area contributed by atoms with Crippen LogP contribution in [0.25, 0.3) is 11.1 Å². The van der Waals surface area contributed by atoms with Crippen LogP contribution in [0.1, 0.15) is 23.6 Å². The number of halogens is 1. The van der Waals surface area contributed by atoms with E-state index in [0.717, 1.165) is 5.56 Å². The van der Waals surface area contributed by atoms with E-state index < -0.39 is 18.2 Å². The van der Waals surface area contributed by atoms with Crippen LogP contribution in [-0.2, 0) is 33.9 Å². The number of nitrogens with zero attached hydrogens (tertiary/aromatic N) is 1. The summed E-state index contributed by atoms with van der Waals surface area (Å²) in [6, 6.07) is 17.2. The van der Waals surface area contributed by atoms with Crippen LogP contribution in [0, 0.1) is 5.82 Å². The van der Waals surface area contributed by atoms with Gasteiger partial charge in [0.25, 0.3) is 0 Å². The highest BCUT2D eigenvalue weighted by Gasteiger charge is 2.27. The minimum atomic E-state index is -1.09. The predicted molar refractivity (Wildman–Crippen MR) is 128 cm³/mol. The Balaban J connectivity index is 1.53. The van der Waals surface area contributed by atoms with E-state index in [4.69, 9.17) is 24.2 Å². The third-order valence-electron chi connectivity index (χ3n) is 5.85. The Labute approximate surface area is 207 Å². The third-order valence-corrected chi connectivity index (χ3v) is 5.85. The van der Waals surface area contributed by atoms with Crippen molar-refractivity contribution in [2.75, 3.05) is 13.7 Å². The van der Waals surface area contributed by atoms with Crippen LogP contribution in [0.3, 0.4) is 0 Å². The number of carbonyl (C=O) groups excluding carboxylic acids is 1. The van der Waals surface area contributed by atoms with Gasteiger partial charge >= 0.3 is 12.1 Å². The Kier molecular flexibility index (Phi) is 7.70. The SMILES string of the molecule is COc1cc(OC(C)C(=O)O)ccc1-c1ccc(F)c2c1CN(OC(=O)OCc1ccccc1)CC2. The van der Waals surface area contributed by atoms with Gasteiger partial charge in [-0.05, 0) is 53.8 Å². The molecule has 0 saturated carbocycles. The van der Waals surface area contributed by atoms with Gasteiger partial charge in [0.2, 0.25) is 0 Å². The summed E-state index contributed by atoms with van der Waals surface area (Å²) < 4.78 is 30.8. The molecule has 1 aliphatic heterocycles.